The Morgan fingerprint density at radius 1 is 0.947 bits per heavy atom. The first kappa shape index (κ1) is 29.2. The molecular weight excluding hydrogens is 570 g/mol. The molecule has 0 radical (unpaired) electrons. The number of halogens is 1. The van der Waals surface area contributed by atoms with Gasteiger partial charge in [0.05, 0.1) is 17.2 Å². The molecule has 3 aromatic rings. The minimum atomic E-state index is -4.13. The van der Waals surface area contributed by atoms with Crippen molar-refractivity contribution >= 4 is 43.5 Å². The Kier molecular flexibility index (Phi) is 10.3. The number of benzene rings is 3. The van der Waals surface area contributed by atoms with Crippen LogP contribution in [0.25, 0.3) is 0 Å². The Hall–Kier alpha value is -3.37. The maximum Gasteiger partial charge on any atom is 0.264 e. The standard InChI is InChI=1S/C28H32BrN3O5S/c1-4-26(28(34)30-3)31(19-21-9-7-6-8-10-21)27(33)20-32(23-13-15-24(16-14-23)37-5-2)38(35,36)25-17-11-22(29)12-18-25/h6-18,26H,4-5,19-20H2,1-3H3,(H,30,34). The molecule has 1 atom stereocenters. The van der Waals surface area contributed by atoms with Crippen molar-refractivity contribution in [2.75, 3.05) is 24.5 Å². The third-order valence-electron chi connectivity index (χ3n) is 5.94. The minimum absolute atomic E-state index is 0.0373. The van der Waals surface area contributed by atoms with Crippen LogP contribution in [-0.2, 0) is 26.2 Å². The topological polar surface area (TPSA) is 96.0 Å². The summed E-state index contributed by atoms with van der Waals surface area (Å²) in [6, 6.07) is 21.3. The van der Waals surface area contributed by atoms with E-state index < -0.39 is 28.5 Å². The van der Waals surface area contributed by atoms with E-state index in [1.807, 2.05) is 44.2 Å². The number of carbonyl (C=O) groups is 2. The van der Waals surface area contributed by atoms with Crippen molar-refractivity contribution in [2.45, 2.75) is 37.8 Å². The van der Waals surface area contributed by atoms with Gasteiger partial charge in [0, 0.05) is 18.1 Å². The van der Waals surface area contributed by atoms with Gasteiger partial charge in [-0.05, 0) is 67.4 Å². The maximum atomic E-state index is 13.9. The fourth-order valence-corrected chi connectivity index (χ4v) is 5.68. The molecule has 0 spiro atoms. The van der Waals surface area contributed by atoms with Gasteiger partial charge in [0.2, 0.25) is 11.8 Å². The van der Waals surface area contributed by atoms with E-state index in [0.29, 0.717) is 24.5 Å². The molecule has 0 fully saturated rings. The number of carbonyl (C=O) groups excluding carboxylic acids is 2. The van der Waals surface area contributed by atoms with Crippen LogP contribution in [0, 0.1) is 0 Å². The molecule has 0 aliphatic carbocycles. The van der Waals surface area contributed by atoms with Gasteiger partial charge in [-0.15, -0.1) is 0 Å². The number of sulfonamides is 1. The van der Waals surface area contributed by atoms with Crippen molar-refractivity contribution in [1.29, 1.82) is 0 Å². The Bertz CT molecular complexity index is 1320. The molecule has 0 saturated heterocycles. The number of likely N-dealkylation sites (N-methyl/N-ethyl adjacent to an activating group) is 1. The maximum absolute atomic E-state index is 13.9. The van der Waals surface area contributed by atoms with Gasteiger partial charge in [-0.1, -0.05) is 53.2 Å². The zero-order chi connectivity index (χ0) is 27.7. The Balaban J connectivity index is 2.04. The number of amides is 2. The molecule has 0 aliphatic heterocycles. The lowest BCUT2D eigenvalue weighted by atomic mass is 10.1. The van der Waals surface area contributed by atoms with Gasteiger partial charge < -0.3 is 15.0 Å². The summed E-state index contributed by atoms with van der Waals surface area (Å²) >= 11 is 3.33. The van der Waals surface area contributed by atoms with Crippen molar-refractivity contribution in [3.05, 3.63) is 88.9 Å². The van der Waals surface area contributed by atoms with E-state index in [-0.39, 0.29) is 17.3 Å². The molecule has 38 heavy (non-hydrogen) atoms. The zero-order valence-corrected chi connectivity index (χ0v) is 24.0. The summed E-state index contributed by atoms with van der Waals surface area (Å²) < 4.78 is 35.0. The third-order valence-corrected chi connectivity index (χ3v) is 8.26. The lowest BCUT2D eigenvalue weighted by Gasteiger charge is -2.33. The highest BCUT2D eigenvalue weighted by atomic mass is 79.9. The molecule has 8 nitrogen and oxygen atoms in total. The van der Waals surface area contributed by atoms with Crippen LogP contribution in [0.3, 0.4) is 0 Å². The predicted octanol–water partition coefficient (Wildman–Crippen LogP) is 4.60. The lowest BCUT2D eigenvalue weighted by molar-refractivity contribution is -0.140. The highest BCUT2D eigenvalue weighted by Crippen LogP contribution is 2.27. The SMILES string of the molecule is CCOc1ccc(N(CC(=O)N(Cc2ccccc2)C(CC)C(=O)NC)S(=O)(=O)c2ccc(Br)cc2)cc1. The summed E-state index contributed by atoms with van der Waals surface area (Å²) in [6.45, 7) is 3.79. The van der Waals surface area contributed by atoms with Crippen molar-refractivity contribution in [1.82, 2.24) is 10.2 Å². The van der Waals surface area contributed by atoms with Crippen molar-refractivity contribution < 1.29 is 22.7 Å². The number of hydrogen-bond donors (Lipinski definition) is 1. The number of rotatable bonds is 12. The zero-order valence-electron chi connectivity index (χ0n) is 21.6. The highest BCUT2D eigenvalue weighted by molar-refractivity contribution is 9.10. The van der Waals surface area contributed by atoms with Gasteiger partial charge in [0.1, 0.15) is 18.3 Å². The van der Waals surface area contributed by atoms with Crippen LogP contribution in [0.1, 0.15) is 25.8 Å². The van der Waals surface area contributed by atoms with Crippen LogP contribution in [0.4, 0.5) is 5.69 Å². The average Bonchev–Trinajstić information content (AvgIpc) is 2.92. The molecule has 1 N–H and O–H groups in total. The van der Waals surface area contributed by atoms with Crippen LogP contribution >= 0.6 is 15.9 Å². The minimum Gasteiger partial charge on any atom is -0.494 e. The average molecular weight is 603 g/mol. The second-order valence-electron chi connectivity index (χ2n) is 8.44. The van der Waals surface area contributed by atoms with Crippen LogP contribution in [-0.4, -0.2) is 51.4 Å². The molecule has 0 aliphatic rings. The number of anilines is 1. The van der Waals surface area contributed by atoms with E-state index in [9.17, 15) is 18.0 Å². The van der Waals surface area contributed by atoms with E-state index >= 15 is 0 Å². The summed E-state index contributed by atoms with van der Waals surface area (Å²) in [6.07, 6.45) is 0.362. The van der Waals surface area contributed by atoms with E-state index in [4.69, 9.17) is 4.74 Å². The highest BCUT2D eigenvalue weighted by Gasteiger charge is 2.33. The number of ether oxygens (including phenoxy) is 1. The number of hydrogen-bond acceptors (Lipinski definition) is 5. The quantitative estimate of drug-likeness (QED) is 0.327. The molecular formula is C28H32BrN3O5S. The molecule has 0 aromatic heterocycles. The third kappa shape index (κ3) is 7.14. The fourth-order valence-electron chi connectivity index (χ4n) is 4.00. The fraction of sp³-hybridized carbons (Fsp3) is 0.286. The normalized spacial score (nSPS) is 11.9. The first-order valence-electron chi connectivity index (χ1n) is 12.3. The van der Waals surface area contributed by atoms with Gasteiger partial charge in [-0.25, -0.2) is 8.42 Å². The molecule has 1 unspecified atom stereocenters. The molecule has 10 heteroatoms. The van der Waals surface area contributed by atoms with E-state index in [0.717, 1.165) is 14.3 Å². The van der Waals surface area contributed by atoms with Crippen molar-refractivity contribution in [3.8, 4) is 5.75 Å². The summed E-state index contributed by atoms with van der Waals surface area (Å²) in [7, 11) is -2.62. The molecule has 202 valence electrons. The largest absolute Gasteiger partial charge is 0.494 e. The van der Waals surface area contributed by atoms with E-state index in [1.54, 1.807) is 36.4 Å². The van der Waals surface area contributed by atoms with Gasteiger partial charge in [0.25, 0.3) is 10.0 Å². The van der Waals surface area contributed by atoms with Crippen LogP contribution in [0.15, 0.2) is 88.2 Å². The van der Waals surface area contributed by atoms with Crippen molar-refractivity contribution in [2.24, 2.45) is 0 Å². The monoisotopic (exact) mass is 601 g/mol. The summed E-state index contributed by atoms with van der Waals surface area (Å²) in [5, 5.41) is 2.62. The number of nitrogens with one attached hydrogen (secondary N) is 1. The molecule has 3 rings (SSSR count). The summed E-state index contributed by atoms with van der Waals surface area (Å²) in [5.41, 5.74) is 1.13. The number of nitrogens with zero attached hydrogens (tertiary/aromatic N) is 2. The van der Waals surface area contributed by atoms with Crippen LogP contribution < -0.4 is 14.4 Å². The molecule has 3 aromatic carbocycles. The van der Waals surface area contributed by atoms with Crippen LogP contribution in [0.2, 0.25) is 0 Å². The second kappa shape index (κ2) is 13.4. The van der Waals surface area contributed by atoms with Gasteiger partial charge in [-0.3, -0.25) is 13.9 Å². The molecule has 0 bridgehead atoms. The first-order valence-corrected chi connectivity index (χ1v) is 14.5. The second-order valence-corrected chi connectivity index (χ2v) is 11.2. The summed E-state index contributed by atoms with van der Waals surface area (Å²) in [5.74, 6) is -0.237. The van der Waals surface area contributed by atoms with E-state index in [2.05, 4.69) is 21.2 Å². The summed E-state index contributed by atoms with van der Waals surface area (Å²) in [4.78, 5) is 28.1. The van der Waals surface area contributed by atoms with Crippen LogP contribution in [0.5, 0.6) is 5.75 Å². The molecule has 0 heterocycles. The Morgan fingerprint density at radius 2 is 1.58 bits per heavy atom. The van der Waals surface area contributed by atoms with Gasteiger partial charge >= 0.3 is 0 Å². The van der Waals surface area contributed by atoms with Gasteiger partial charge in [0.15, 0.2) is 0 Å². The predicted molar refractivity (Wildman–Crippen MR) is 151 cm³/mol. The molecule has 0 saturated carbocycles. The first-order chi connectivity index (χ1) is 18.2. The van der Waals surface area contributed by atoms with E-state index in [1.165, 1.54) is 24.1 Å². The Labute approximate surface area is 232 Å². The lowest BCUT2D eigenvalue weighted by Crippen LogP contribution is -2.51. The van der Waals surface area contributed by atoms with Crippen molar-refractivity contribution in [3.63, 3.8) is 0 Å². The van der Waals surface area contributed by atoms with Gasteiger partial charge in [-0.2, -0.15) is 0 Å². The molecule has 2 amide bonds. The Morgan fingerprint density at radius 3 is 2.13 bits per heavy atom. The smallest absolute Gasteiger partial charge is 0.264 e.